The van der Waals surface area contributed by atoms with Crippen LogP contribution in [0.25, 0.3) is 0 Å². The molecule has 0 unspecified atom stereocenters. The largest absolute Gasteiger partial charge is 0.444 e. The van der Waals surface area contributed by atoms with Crippen LogP contribution < -0.4 is 4.90 Å². The molecule has 0 aliphatic carbocycles. The van der Waals surface area contributed by atoms with Gasteiger partial charge in [0.05, 0.1) is 11.4 Å². The summed E-state index contributed by atoms with van der Waals surface area (Å²) in [6.45, 7) is 14.6. The van der Waals surface area contributed by atoms with Gasteiger partial charge in [0.25, 0.3) is 0 Å². The second kappa shape index (κ2) is 10.8. The number of rotatable bonds is 5. The molecule has 0 bridgehead atoms. The predicted molar refractivity (Wildman–Crippen MR) is 152 cm³/mol. The third kappa shape index (κ3) is 5.88. The van der Waals surface area contributed by atoms with E-state index in [-0.39, 0.29) is 35.5 Å². The Bertz CT molecular complexity index is 1390. The predicted octanol–water partition coefficient (Wildman–Crippen LogP) is 5.00. The summed E-state index contributed by atoms with van der Waals surface area (Å²) in [5.41, 5.74) is -0.151. The number of hydrogen-bond acceptors (Lipinski definition) is 6. The number of ether oxygens (including phenoxy) is 1. The smallest absolute Gasteiger partial charge is 0.410 e. The summed E-state index contributed by atoms with van der Waals surface area (Å²) in [7, 11) is -4.12. The Morgan fingerprint density at radius 2 is 1.75 bits per heavy atom. The number of anilines is 1. The SMILES string of the molecule is CC[C@H]1CN(C(=O)OC(C)(C)C)[C@H](C)CN1CC(=O)N1CC(C)(C)c2cc(F)c(S(=O)(=O)c3ccccc3)cc21. The van der Waals surface area contributed by atoms with E-state index in [9.17, 15) is 18.0 Å². The van der Waals surface area contributed by atoms with E-state index in [4.69, 9.17) is 4.74 Å². The van der Waals surface area contributed by atoms with Gasteiger partial charge in [-0.2, -0.15) is 0 Å². The molecule has 2 atom stereocenters. The lowest BCUT2D eigenvalue weighted by Gasteiger charge is -2.45. The van der Waals surface area contributed by atoms with E-state index in [1.165, 1.54) is 24.3 Å². The van der Waals surface area contributed by atoms with Gasteiger partial charge in [0, 0.05) is 42.8 Å². The lowest BCUT2D eigenvalue weighted by Crippen LogP contribution is -2.61. The van der Waals surface area contributed by atoms with Gasteiger partial charge in [-0.3, -0.25) is 9.69 Å². The van der Waals surface area contributed by atoms with Crippen molar-refractivity contribution in [3.63, 3.8) is 0 Å². The van der Waals surface area contributed by atoms with Crippen LogP contribution >= 0.6 is 0 Å². The topological polar surface area (TPSA) is 87.2 Å². The molecule has 2 aromatic carbocycles. The molecule has 1 saturated heterocycles. The van der Waals surface area contributed by atoms with Crippen molar-refractivity contribution < 1.29 is 27.1 Å². The molecule has 0 spiro atoms. The van der Waals surface area contributed by atoms with E-state index in [0.29, 0.717) is 30.9 Å². The Balaban J connectivity index is 1.60. The highest BCUT2D eigenvalue weighted by Gasteiger charge is 2.42. The second-order valence-electron chi connectivity index (χ2n) is 12.5. The second-order valence-corrected chi connectivity index (χ2v) is 14.4. The van der Waals surface area contributed by atoms with Crippen LogP contribution in [0.4, 0.5) is 14.9 Å². The summed E-state index contributed by atoms with van der Waals surface area (Å²) in [5.74, 6) is -1.03. The molecule has 0 saturated carbocycles. The molecule has 2 aliphatic heterocycles. The fourth-order valence-electron chi connectivity index (χ4n) is 5.55. The lowest BCUT2D eigenvalue weighted by atomic mass is 9.87. The van der Waals surface area contributed by atoms with Gasteiger partial charge in [-0.1, -0.05) is 39.0 Å². The average Bonchev–Trinajstić information content (AvgIpc) is 3.13. The maximum Gasteiger partial charge on any atom is 0.410 e. The molecule has 218 valence electrons. The first-order chi connectivity index (χ1) is 18.5. The van der Waals surface area contributed by atoms with Crippen molar-refractivity contribution in [2.75, 3.05) is 31.1 Å². The first-order valence-electron chi connectivity index (χ1n) is 13.7. The van der Waals surface area contributed by atoms with Crippen LogP contribution in [0.5, 0.6) is 0 Å². The van der Waals surface area contributed by atoms with Crippen LogP contribution in [-0.2, 0) is 24.8 Å². The Labute approximate surface area is 237 Å². The number of halogens is 1. The van der Waals surface area contributed by atoms with Crippen LogP contribution in [0.1, 0.15) is 60.5 Å². The van der Waals surface area contributed by atoms with E-state index in [0.717, 1.165) is 6.42 Å². The van der Waals surface area contributed by atoms with Gasteiger partial charge in [-0.05, 0) is 63.9 Å². The molecule has 0 aromatic heterocycles. The molecule has 8 nitrogen and oxygen atoms in total. The first kappa shape index (κ1) is 30.0. The molecule has 4 rings (SSSR count). The number of carbonyl (C=O) groups is 2. The van der Waals surface area contributed by atoms with Gasteiger partial charge in [-0.25, -0.2) is 17.6 Å². The highest BCUT2D eigenvalue weighted by atomic mass is 32.2. The lowest BCUT2D eigenvalue weighted by molar-refractivity contribution is -0.121. The summed E-state index contributed by atoms with van der Waals surface area (Å²) < 4.78 is 47.5. The molecule has 2 aliphatic rings. The monoisotopic (exact) mass is 573 g/mol. The summed E-state index contributed by atoms with van der Waals surface area (Å²) in [5, 5.41) is 0. The maximum atomic E-state index is 15.3. The van der Waals surface area contributed by atoms with Gasteiger partial charge in [0.15, 0.2) is 0 Å². The van der Waals surface area contributed by atoms with E-state index in [2.05, 4.69) is 4.90 Å². The average molecular weight is 574 g/mol. The number of fused-ring (bicyclic) bond motifs is 1. The third-order valence-corrected chi connectivity index (χ3v) is 9.44. The summed E-state index contributed by atoms with van der Waals surface area (Å²) in [6.07, 6.45) is 0.361. The Hall–Kier alpha value is -2.98. The number of hydrogen-bond donors (Lipinski definition) is 0. The number of carbonyl (C=O) groups excluding carboxylic acids is 2. The van der Waals surface area contributed by atoms with Gasteiger partial charge in [-0.15, -0.1) is 0 Å². The number of sulfone groups is 1. The Morgan fingerprint density at radius 3 is 2.35 bits per heavy atom. The zero-order valence-corrected chi connectivity index (χ0v) is 25.2. The first-order valence-corrected chi connectivity index (χ1v) is 15.2. The highest BCUT2D eigenvalue weighted by molar-refractivity contribution is 7.91. The highest BCUT2D eigenvalue weighted by Crippen LogP contribution is 2.43. The zero-order valence-electron chi connectivity index (χ0n) is 24.4. The number of benzene rings is 2. The molecule has 10 heteroatoms. The number of amides is 2. The maximum absolute atomic E-state index is 15.3. The van der Waals surface area contributed by atoms with Gasteiger partial charge in [0.2, 0.25) is 15.7 Å². The third-order valence-electron chi connectivity index (χ3n) is 7.66. The fraction of sp³-hybridized carbons (Fsp3) is 0.533. The Kier molecular flexibility index (Phi) is 8.08. The fourth-order valence-corrected chi connectivity index (χ4v) is 6.91. The molecule has 40 heavy (non-hydrogen) atoms. The number of piperazine rings is 1. The number of nitrogens with zero attached hydrogens (tertiary/aromatic N) is 3. The molecule has 2 amide bonds. The van der Waals surface area contributed by atoms with Gasteiger partial charge >= 0.3 is 6.09 Å². The minimum absolute atomic E-state index is 0.00776. The molecule has 0 N–H and O–H groups in total. The zero-order chi connectivity index (χ0) is 29.6. The van der Waals surface area contributed by atoms with Crippen molar-refractivity contribution in [2.45, 2.75) is 87.8 Å². The molecular formula is C30H40FN3O5S. The van der Waals surface area contributed by atoms with E-state index < -0.39 is 31.6 Å². The molecule has 1 fully saturated rings. The van der Waals surface area contributed by atoms with Crippen molar-refractivity contribution in [1.29, 1.82) is 0 Å². The van der Waals surface area contributed by atoms with Gasteiger partial charge in [0.1, 0.15) is 16.3 Å². The van der Waals surface area contributed by atoms with Crippen molar-refractivity contribution in [3.05, 3.63) is 53.8 Å². The van der Waals surface area contributed by atoms with Crippen molar-refractivity contribution >= 4 is 27.5 Å². The van der Waals surface area contributed by atoms with Crippen molar-refractivity contribution in [1.82, 2.24) is 9.80 Å². The van der Waals surface area contributed by atoms with Crippen LogP contribution in [0.2, 0.25) is 0 Å². The minimum Gasteiger partial charge on any atom is -0.444 e. The van der Waals surface area contributed by atoms with E-state index >= 15 is 4.39 Å². The van der Waals surface area contributed by atoms with E-state index in [1.807, 2.05) is 48.5 Å². The standard InChI is InChI=1S/C30H40FN3O5S/c1-8-21-17-33(28(36)39-29(3,4)5)20(2)16-32(21)18-27(35)34-19-30(6,7)23-14-24(31)26(15-25(23)34)40(37,38)22-12-10-9-11-13-22/h9-15,20-21H,8,16-19H2,1-7H3/t20-,21+/m1/s1. The Morgan fingerprint density at radius 1 is 1.10 bits per heavy atom. The van der Waals surface area contributed by atoms with Crippen LogP contribution in [0.3, 0.4) is 0 Å². The summed E-state index contributed by atoms with van der Waals surface area (Å²) in [4.78, 5) is 31.5. The molecule has 2 heterocycles. The van der Waals surface area contributed by atoms with Crippen LogP contribution in [0, 0.1) is 5.82 Å². The minimum atomic E-state index is -4.12. The molecule has 0 radical (unpaired) electrons. The van der Waals surface area contributed by atoms with Crippen LogP contribution in [-0.4, -0.2) is 74.1 Å². The quantitative estimate of drug-likeness (QED) is 0.500. The van der Waals surface area contributed by atoms with Crippen LogP contribution in [0.15, 0.2) is 52.3 Å². The van der Waals surface area contributed by atoms with Gasteiger partial charge < -0.3 is 14.5 Å². The summed E-state index contributed by atoms with van der Waals surface area (Å²) >= 11 is 0. The summed E-state index contributed by atoms with van der Waals surface area (Å²) in [6, 6.07) is 10.1. The van der Waals surface area contributed by atoms with E-state index in [1.54, 1.807) is 28.0 Å². The molecule has 2 aromatic rings. The van der Waals surface area contributed by atoms with Crippen molar-refractivity contribution in [2.24, 2.45) is 0 Å². The normalized spacial score (nSPS) is 21.3. The van der Waals surface area contributed by atoms with Crippen molar-refractivity contribution in [3.8, 4) is 0 Å². The molecular weight excluding hydrogens is 533 g/mol.